The molecule has 4 nitrogen and oxygen atoms in total. The number of hydrogen-bond donors (Lipinski definition) is 1. The third kappa shape index (κ3) is 2.74. The number of para-hydroxylation sites is 1. The van der Waals surface area contributed by atoms with Crippen LogP contribution in [0.4, 0.5) is 0 Å². The maximum atomic E-state index is 11.8. The van der Waals surface area contributed by atoms with Gasteiger partial charge in [-0.2, -0.15) is 0 Å². The summed E-state index contributed by atoms with van der Waals surface area (Å²) < 4.78 is 0.810. The molecule has 3 rings (SSSR count). The van der Waals surface area contributed by atoms with E-state index < -0.39 is 0 Å². The van der Waals surface area contributed by atoms with Crippen molar-refractivity contribution in [2.75, 3.05) is 0 Å². The molecular formula is C16H14BrN3O. The van der Waals surface area contributed by atoms with Crippen LogP contribution in [0.5, 0.6) is 0 Å². The van der Waals surface area contributed by atoms with Crippen molar-refractivity contribution in [1.29, 1.82) is 0 Å². The van der Waals surface area contributed by atoms with E-state index in [1.807, 2.05) is 44.2 Å². The topological polar surface area (TPSA) is 58.6 Å². The summed E-state index contributed by atoms with van der Waals surface area (Å²) in [5, 5.41) is 1.04. The maximum absolute atomic E-state index is 11.8. The lowest BCUT2D eigenvalue weighted by atomic mass is 10.1. The number of benzene rings is 1. The average Bonchev–Trinajstić information content (AvgIpc) is 2.45. The molecule has 0 fully saturated rings. The van der Waals surface area contributed by atoms with Gasteiger partial charge in [0, 0.05) is 15.9 Å². The molecule has 0 spiro atoms. The van der Waals surface area contributed by atoms with Gasteiger partial charge < -0.3 is 4.98 Å². The molecule has 0 aliphatic heterocycles. The van der Waals surface area contributed by atoms with Gasteiger partial charge in [0.2, 0.25) is 0 Å². The highest BCUT2D eigenvalue weighted by molar-refractivity contribution is 9.10. The molecule has 2 aromatic heterocycles. The van der Waals surface area contributed by atoms with Crippen LogP contribution in [0.3, 0.4) is 0 Å². The van der Waals surface area contributed by atoms with E-state index in [2.05, 4.69) is 30.9 Å². The number of hydrogen-bond acceptors (Lipinski definition) is 3. The van der Waals surface area contributed by atoms with E-state index in [0.717, 1.165) is 21.1 Å². The van der Waals surface area contributed by atoms with Gasteiger partial charge in [-0.05, 0) is 34.0 Å². The van der Waals surface area contributed by atoms with E-state index in [9.17, 15) is 4.79 Å². The number of nitrogens with one attached hydrogen (secondary N) is 1. The minimum atomic E-state index is -0.162. The standard InChI is InChI=1S/C16H14BrN3O/c1-9(2)13-8-14(21)20-16(19-13)15-11(17)7-10-5-3-4-6-12(10)18-15/h3-9H,1-2H3,(H,19,20,21). The first-order chi connectivity index (χ1) is 10.0. The van der Waals surface area contributed by atoms with E-state index in [1.54, 1.807) is 0 Å². The summed E-state index contributed by atoms with van der Waals surface area (Å²) in [6.07, 6.45) is 0. The lowest BCUT2D eigenvalue weighted by Crippen LogP contribution is -2.12. The number of fused-ring (bicyclic) bond motifs is 1. The molecule has 0 saturated heterocycles. The van der Waals surface area contributed by atoms with Crippen molar-refractivity contribution in [3.05, 3.63) is 56.9 Å². The highest BCUT2D eigenvalue weighted by Crippen LogP contribution is 2.27. The minimum Gasteiger partial charge on any atom is -0.305 e. The van der Waals surface area contributed by atoms with Crippen LogP contribution in [0.1, 0.15) is 25.5 Å². The van der Waals surface area contributed by atoms with Gasteiger partial charge >= 0.3 is 0 Å². The van der Waals surface area contributed by atoms with E-state index in [-0.39, 0.29) is 11.5 Å². The Labute approximate surface area is 130 Å². The zero-order valence-corrected chi connectivity index (χ0v) is 13.3. The molecule has 0 atom stereocenters. The molecule has 3 aromatic rings. The second-order valence-electron chi connectivity index (χ2n) is 5.19. The molecule has 0 radical (unpaired) electrons. The van der Waals surface area contributed by atoms with Crippen molar-refractivity contribution in [3.8, 4) is 11.5 Å². The van der Waals surface area contributed by atoms with Gasteiger partial charge in [-0.3, -0.25) is 4.79 Å². The number of aromatic amines is 1. The Balaban J connectivity index is 2.24. The molecule has 0 bridgehead atoms. The predicted molar refractivity (Wildman–Crippen MR) is 87.4 cm³/mol. The number of rotatable bonds is 2. The first-order valence-electron chi connectivity index (χ1n) is 6.71. The van der Waals surface area contributed by atoms with E-state index >= 15 is 0 Å². The van der Waals surface area contributed by atoms with Gasteiger partial charge in [-0.25, -0.2) is 9.97 Å². The molecule has 0 amide bonds. The number of H-pyrrole nitrogens is 1. The first-order valence-corrected chi connectivity index (χ1v) is 7.51. The zero-order valence-electron chi connectivity index (χ0n) is 11.7. The van der Waals surface area contributed by atoms with Gasteiger partial charge in [0.25, 0.3) is 5.56 Å². The number of aromatic nitrogens is 3. The van der Waals surface area contributed by atoms with E-state index in [0.29, 0.717) is 11.5 Å². The van der Waals surface area contributed by atoms with Crippen molar-refractivity contribution in [1.82, 2.24) is 15.0 Å². The number of halogens is 1. The molecule has 1 aromatic carbocycles. The fourth-order valence-corrected chi connectivity index (χ4v) is 2.66. The summed E-state index contributed by atoms with van der Waals surface area (Å²) in [6, 6.07) is 11.4. The third-order valence-electron chi connectivity index (χ3n) is 3.25. The van der Waals surface area contributed by atoms with Crippen molar-refractivity contribution in [2.45, 2.75) is 19.8 Å². The quantitative estimate of drug-likeness (QED) is 0.768. The lowest BCUT2D eigenvalue weighted by molar-refractivity contribution is 0.811. The Hall–Kier alpha value is -2.01. The molecule has 106 valence electrons. The lowest BCUT2D eigenvalue weighted by Gasteiger charge is -2.09. The van der Waals surface area contributed by atoms with Crippen LogP contribution in [0.15, 0.2) is 45.7 Å². The van der Waals surface area contributed by atoms with Crippen molar-refractivity contribution in [2.24, 2.45) is 0 Å². The SMILES string of the molecule is CC(C)c1cc(=O)[nH]c(-c2nc3ccccc3cc2Br)n1. The van der Waals surface area contributed by atoms with Crippen molar-refractivity contribution < 1.29 is 0 Å². The van der Waals surface area contributed by atoms with E-state index in [4.69, 9.17) is 0 Å². The summed E-state index contributed by atoms with van der Waals surface area (Å²) in [5.74, 6) is 0.675. The Morgan fingerprint density at radius 1 is 1.14 bits per heavy atom. The Morgan fingerprint density at radius 3 is 2.67 bits per heavy atom. The van der Waals surface area contributed by atoms with Gasteiger partial charge in [-0.1, -0.05) is 32.0 Å². The summed E-state index contributed by atoms with van der Waals surface area (Å²) >= 11 is 3.52. The largest absolute Gasteiger partial charge is 0.305 e. The van der Waals surface area contributed by atoms with Gasteiger partial charge in [0.1, 0.15) is 5.69 Å². The van der Waals surface area contributed by atoms with Crippen LogP contribution in [0.25, 0.3) is 22.4 Å². The smallest absolute Gasteiger partial charge is 0.251 e. The Kier molecular flexibility index (Phi) is 3.59. The van der Waals surface area contributed by atoms with Crippen LogP contribution in [0.2, 0.25) is 0 Å². The highest BCUT2D eigenvalue weighted by Gasteiger charge is 2.12. The monoisotopic (exact) mass is 343 g/mol. The summed E-state index contributed by atoms with van der Waals surface area (Å²) in [6.45, 7) is 4.02. The summed E-state index contributed by atoms with van der Waals surface area (Å²) in [4.78, 5) is 23.7. The average molecular weight is 344 g/mol. The van der Waals surface area contributed by atoms with Crippen molar-refractivity contribution >= 4 is 26.8 Å². The van der Waals surface area contributed by atoms with Crippen LogP contribution in [0, 0.1) is 0 Å². The number of pyridine rings is 1. The fourth-order valence-electron chi connectivity index (χ4n) is 2.14. The van der Waals surface area contributed by atoms with Gasteiger partial charge in [0.05, 0.1) is 11.2 Å². The molecule has 5 heteroatoms. The van der Waals surface area contributed by atoms with Gasteiger partial charge in [-0.15, -0.1) is 0 Å². The molecular weight excluding hydrogens is 330 g/mol. The third-order valence-corrected chi connectivity index (χ3v) is 3.86. The van der Waals surface area contributed by atoms with Crippen molar-refractivity contribution in [3.63, 3.8) is 0 Å². The summed E-state index contributed by atoms with van der Waals surface area (Å²) in [5.41, 5.74) is 2.11. The zero-order chi connectivity index (χ0) is 15.0. The second-order valence-corrected chi connectivity index (χ2v) is 6.04. The summed E-state index contributed by atoms with van der Waals surface area (Å²) in [7, 11) is 0. The molecule has 1 N–H and O–H groups in total. The van der Waals surface area contributed by atoms with Crippen LogP contribution in [-0.4, -0.2) is 15.0 Å². The highest BCUT2D eigenvalue weighted by atomic mass is 79.9. The van der Waals surface area contributed by atoms with Gasteiger partial charge in [0.15, 0.2) is 5.82 Å². The number of nitrogens with zero attached hydrogens (tertiary/aromatic N) is 2. The van der Waals surface area contributed by atoms with E-state index in [1.165, 1.54) is 6.07 Å². The maximum Gasteiger partial charge on any atom is 0.251 e. The van der Waals surface area contributed by atoms with Crippen LogP contribution in [-0.2, 0) is 0 Å². The molecule has 0 unspecified atom stereocenters. The molecule has 0 aliphatic rings. The molecule has 21 heavy (non-hydrogen) atoms. The molecule has 2 heterocycles. The second kappa shape index (κ2) is 5.41. The van der Waals surface area contributed by atoms with Crippen LogP contribution >= 0.6 is 15.9 Å². The molecule has 0 aliphatic carbocycles. The first kappa shape index (κ1) is 13.9. The normalized spacial score (nSPS) is 11.2. The Bertz CT molecular complexity index is 871. The minimum absolute atomic E-state index is 0.162. The fraction of sp³-hybridized carbons (Fsp3) is 0.188. The Morgan fingerprint density at radius 2 is 1.90 bits per heavy atom. The predicted octanol–water partition coefficient (Wildman–Crippen LogP) is 3.87. The van der Waals surface area contributed by atoms with Crippen LogP contribution < -0.4 is 5.56 Å². The molecule has 0 saturated carbocycles.